The molecule has 25 heavy (non-hydrogen) atoms. The SMILES string of the molecule is CCOC(=O)C(N)Cc1cn(Cc2ccc(Br)cc2)c2ccccc12. The first kappa shape index (κ1) is 17.7. The number of carbonyl (C=O) groups excluding carboxylic acids is 1. The molecular formula is C20H21BrN2O2. The van der Waals surface area contributed by atoms with Gasteiger partial charge in [-0.2, -0.15) is 0 Å². The average molecular weight is 401 g/mol. The van der Waals surface area contributed by atoms with Gasteiger partial charge in [0.1, 0.15) is 6.04 Å². The molecule has 3 rings (SSSR count). The van der Waals surface area contributed by atoms with Crippen molar-refractivity contribution >= 4 is 32.8 Å². The van der Waals surface area contributed by atoms with Gasteiger partial charge in [-0.15, -0.1) is 0 Å². The van der Waals surface area contributed by atoms with E-state index in [9.17, 15) is 4.79 Å². The smallest absolute Gasteiger partial charge is 0.323 e. The molecule has 0 bridgehead atoms. The summed E-state index contributed by atoms with van der Waals surface area (Å²) in [6.45, 7) is 2.90. The van der Waals surface area contributed by atoms with Gasteiger partial charge >= 0.3 is 5.97 Å². The zero-order valence-electron chi connectivity index (χ0n) is 14.1. The van der Waals surface area contributed by atoms with E-state index in [1.54, 1.807) is 6.92 Å². The van der Waals surface area contributed by atoms with Crippen molar-refractivity contribution < 1.29 is 9.53 Å². The van der Waals surface area contributed by atoms with E-state index < -0.39 is 6.04 Å². The Morgan fingerprint density at radius 3 is 2.64 bits per heavy atom. The van der Waals surface area contributed by atoms with Crippen LogP contribution in [-0.2, 0) is 22.5 Å². The highest BCUT2D eigenvalue weighted by molar-refractivity contribution is 9.10. The molecule has 0 spiro atoms. The zero-order chi connectivity index (χ0) is 17.8. The van der Waals surface area contributed by atoms with Crippen molar-refractivity contribution in [3.63, 3.8) is 0 Å². The van der Waals surface area contributed by atoms with E-state index in [1.807, 2.05) is 24.3 Å². The number of carbonyl (C=O) groups is 1. The van der Waals surface area contributed by atoms with Crippen LogP contribution < -0.4 is 5.73 Å². The van der Waals surface area contributed by atoms with Crippen LogP contribution in [0.4, 0.5) is 0 Å². The second kappa shape index (κ2) is 7.85. The van der Waals surface area contributed by atoms with Crippen molar-refractivity contribution in [3.8, 4) is 0 Å². The van der Waals surface area contributed by atoms with Gasteiger partial charge in [0.15, 0.2) is 0 Å². The van der Waals surface area contributed by atoms with E-state index >= 15 is 0 Å². The highest BCUT2D eigenvalue weighted by Crippen LogP contribution is 2.24. The van der Waals surface area contributed by atoms with E-state index in [2.05, 4.69) is 51.0 Å². The number of hydrogen-bond acceptors (Lipinski definition) is 3. The van der Waals surface area contributed by atoms with Crippen molar-refractivity contribution in [2.75, 3.05) is 6.61 Å². The van der Waals surface area contributed by atoms with Gasteiger partial charge in [-0.1, -0.05) is 46.3 Å². The quantitative estimate of drug-likeness (QED) is 0.638. The first-order valence-corrected chi connectivity index (χ1v) is 9.11. The summed E-state index contributed by atoms with van der Waals surface area (Å²) in [5.41, 5.74) is 9.43. The first-order chi connectivity index (χ1) is 12.1. The Kier molecular flexibility index (Phi) is 5.56. The predicted molar refractivity (Wildman–Crippen MR) is 103 cm³/mol. The standard InChI is InChI=1S/C20H21BrN2O2/c1-2-25-20(24)18(22)11-15-13-23(19-6-4-3-5-17(15)19)12-14-7-9-16(21)10-8-14/h3-10,13,18H,2,11-12,22H2,1H3. The molecule has 0 saturated heterocycles. The maximum atomic E-state index is 11.9. The van der Waals surface area contributed by atoms with Crippen LogP contribution in [0.15, 0.2) is 59.2 Å². The van der Waals surface area contributed by atoms with E-state index in [0.29, 0.717) is 13.0 Å². The monoisotopic (exact) mass is 400 g/mol. The number of benzene rings is 2. The maximum absolute atomic E-state index is 11.9. The lowest BCUT2D eigenvalue weighted by molar-refractivity contribution is -0.144. The number of nitrogens with zero attached hydrogens (tertiary/aromatic N) is 1. The molecule has 0 radical (unpaired) electrons. The van der Waals surface area contributed by atoms with Gasteiger partial charge in [-0.25, -0.2) is 0 Å². The summed E-state index contributed by atoms with van der Waals surface area (Å²) in [6.07, 6.45) is 2.55. The molecule has 0 aliphatic carbocycles. The molecule has 0 amide bonds. The minimum absolute atomic E-state index is 0.345. The molecule has 5 heteroatoms. The molecule has 3 aromatic rings. The molecule has 130 valence electrons. The van der Waals surface area contributed by atoms with Gasteiger partial charge in [-0.3, -0.25) is 4.79 Å². The number of fused-ring (bicyclic) bond motifs is 1. The lowest BCUT2D eigenvalue weighted by Gasteiger charge is -2.09. The summed E-state index contributed by atoms with van der Waals surface area (Å²) in [6, 6.07) is 15.8. The van der Waals surface area contributed by atoms with Crippen LogP contribution in [0.1, 0.15) is 18.1 Å². The van der Waals surface area contributed by atoms with Gasteiger partial charge in [0, 0.05) is 34.5 Å². The van der Waals surface area contributed by atoms with E-state index in [-0.39, 0.29) is 5.97 Å². The van der Waals surface area contributed by atoms with E-state index in [0.717, 1.165) is 27.5 Å². The number of esters is 1. The Balaban J connectivity index is 1.90. The second-order valence-electron chi connectivity index (χ2n) is 5.99. The van der Waals surface area contributed by atoms with Crippen molar-refractivity contribution in [2.24, 2.45) is 5.73 Å². The maximum Gasteiger partial charge on any atom is 0.323 e. The molecule has 2 N–H and O–H groups in total. The van der Waals surface area contributed by atoms with Crippen molar-refractivity contribution in [3.05, 3.63) is 70.3 Å². The first-order valence-electron chi connectivity index (χ1n) is 8.32. The lowest BCUT2D eigenvalue weighted by Crippen LogP contribution is -2.34. The van der Waals surface area contributed by atoms with Crippen LogP contribution in [0.3, 0.4) is 0 Å². The highest BCUT2D eigenvalue weighted by Gasteiger charge is 2.18. The summed E-state index contributed by atoms with van der Waals surface area (Å²) in [7, 11) is 0. The third-order valence-electron chi connectivity index (χ3n) is 4.17. The normalized spacial score (nSPS) is 12.3. The number of halogens is 1. The third-order valence-corrected chi connectivity index (χ3v) is 4.70. The molecule has 4 nitrogen and oxygen atoms in total. The van der Waals surface area contributed by atoms with Crippen LogP contribution in [0.5, 0.6) is 0 Å². The summed E-state index contributed by atoms with van der Waals surface area (Å²) >= 11 is 3.46. The lowest BCUT2D eigenvalue weighted by atomic mass is 10.1. The zero-order valence-corrected chi connectivity index (χ0v) is 15.7. The molecule has 2 aromatic carbocycles. The van der Waals surface area contributed by atoms with Crippen LogP contribution >= 0.6 is 15.9 Å². The Morgan fingerprint density at radius 1 is 1.20 bits per heavy atom. The molecular weight excluding hydrogens is 380 g/mol. The molecule has 0 fully saturated rings. The number of ether oxygens (including phenoxy) is 1. The molecule has 0 saturated carbocycles. The largest absolute Gasteiger partial charge is 0.465 e. The Labute approximate surface area is 155 Å². The summed E-state index contributed by atoms with van der Waals surface area (Å²) in [5.74, 6) is -0.354. The van der Waals surface area contributed by atoms with Crippen LogP contribution in [-0.4, -0.2) is 23.2 Å². The number of nitrogens with two attached hydrogens (primary N) is 1. The predicted octanol–water partition coefficient (Wildman–Crippen LogP) is 3.89. The van der Waals surface area contributed by atoms with Crippen LogP contribution in [0.2, 0.25) is 0 Å². The van der Waals surface area contributed by atoms with Gasteiger partial charge in [-0.05, 0) is 36.2 Å². The molecule has 1 aromatic heterocycles. The van der Waals surface area contributed by atoms with Gasteiger partial charge in [0.05, 0.1) is 6.61 Å². The summed E-state index contributed by atoms with van der Waals surface area (Å²) in [5, 5.41) is 1.12. The molecule has 0 aliphatic heterocycles. The Bertz CT molecular complexity index is 871. The minimum Gasteiger partial charge on any atom is -0.465 e. The summed E-state index contributed by atoms with van der Waals surface area (Å²) in [4.78, 5) is 11.9. The fourth-order valence-electron chi connectivity index (χ4n) is 2.97. The van der Waals surface area contributed by atoms with E-state index in [1.165, 1.54) is 5.56 Å². The Morgan fingerprint density at radius 2 is 1.92 bits per heavy atom. The Hall–Kier alpha value is -2.11. The fourth-order valence-corrected chi connectivity index (χ4v) is 3.24. The molecule has 1 atom stereocenters. The molecule has 0 aliphatic rings. The number of hydrogen-bond donors (Lipinski definition) is 1. The topological polar surface area (TPSA) is 57.2 Å². The number of aromatic nitrogens is 1. The van der Waals surface area contributed by atoms with Crippen LogP contribution in [0.25, 0.3) is 10.9 Å². The molecule has 1 heterocycles. The minimum atomic E-state index is -0.646. The van der Waals surface area contributed by atoms with Crippen molar-refractivity contribution in [2.45, 2.75) is 25.9 Å². The van der Waals surface area contributed by atoms with Crippen LogP contribution in [0, 0.1) is 0 Å². The highest BCUT2D eigenvalue weighted by atomic mass is 79.9. The third kappa shape index (κ3) is 4.11. The second-order valence-corrected chi connectivity index (χ2v) is 6.90. The fraction of sp³-hybridized carbons (Fsp3) is 0.250. The average Bonchev–Trinajstić information content (AvgIpc) is 2.95. The van der Waals surface area contributed by atoms with Gasteiger partial charge in [0.25, 0.3) is 0 Å². The molecule has 1 unspecified atom stereocenters. The van der Waals surface area contributed by atoms with Crippen molar-refractivity contribution in [1.82, 2.24) is 4.57 Å². The summed E-state index contributed by atoms with van der Waals surface area (Å²) < 4.78 is 8.29. The van der Waals surface area contributed by atoms with Gasteiger partial charge < -0.3 is 15.0 Å². The van der Waals surface area contributed by atoms with E-state index in [4.69, 9.17) is 10.5 Å². The number of para-hydroxylation sites is 1. The number of rotatable bonds is 6. The van der Waals surface area contributed by atoms with Gasteiger partial charge in [0.2, 0.25) is 0 Å². The van der Waals surface area contributed by atoms with Crippen molar-refractivity contribution in [1.29, 1.82) is 0 Å².